The van der Waals surface area contributed by atoms with Crippen molar-refractivity contribution in [2.45, 2.75) is 37.2 Å². The van der Waals surface area contributed by atoms with Crippen LogP contribution in [0, 0.1) is 5.82 Å². The first-order valence-corrected chi connectivity index (χ1v) is 8.38. The number of benzene rings is 1. The van der Waals surface area contributed by atoms with Gasteiger partial charge < -0.3 is 9.88 Å². The molecule has 1 heterocycles. The van der Waals surface area contributed by atoms with E-state index in [1.165, 1.54) is 23.9 Å². The lowest BCUT2D eigenvalue weighted by atomic mass is 10.3. The fourth-order valence-corrected chi connectivity index (χ4v) is 3.00. The molecule has 2 rings (SSSR count). The maximum Gasteiger partial charge on any atom is 0.237 e. The first-order valence-electron chi connectivity index (χ1n) is 6.70. The molecular weight excluding hydrogens is 371 g/mol. The normalized spacial score (nSPS) is 12.5. The summed E-state index contributed by atoms with van der Waals surface area (Å²) >= 11 is 4.47. The molecule has 1 aromatic carbocycles. The standard InChI is InChI=1S/C14H16BrFN4OS/c1-8(2)20-7-17-19-14(20)22-9(3)13(21)18-12-5-4-10(15)6-11(12)16/h4-9H,1-3H3,(H,18,21). The number of hydrogen-bond donors (Lipinski definition) is 1. The molecule has 0 aliphatic rings. The van der Waals surface area contributed by atoms with Crippen molar-refractivity contribution >= 4 is 39.3 Å². The fraction of sp³-hybridized carbons (Fsp3) is 0.357. The summed E-state index contributed by atoms with van der Waals surface area (Å²) in [5, 5.41) is 10.7. The number of hydrogen-bond acceptors (Lipinski definition) is 4. The first kappa shape index (κ1) is 17.0. The average molecular weight is 387 g/mol. The molecule has 1 amide bonds. The molecule has 0 saturated heterocycles. The molecule has 0 spiro atoms. The predicted molar refractivity (Wildman–Crippen MR) is 88.5 cm³/mol. The van der Waals surface area contributed by atoms with E-state index in [0.29, 0.717) is 9.63 Å². The van der Waals surface area contributed by atoms with E-state index >= 15 is 0 Å². The van der Waals surface area contributed by atoms with Crippen molar-refractivity contribution in [3.63, 3.8) is 0 Å². The van der Waals surface area contributed by atoms with Crippen molar-refractivity contribution in [3.8, 4) is 0 Å². The fourth-order valence-electron chi connectivity index (χ4n) is 1.71. The van der Waals surface area contributed by atoms with E-state index in [1.54, 1.807) is 19.3 Å². The Labute approximate surface area is 140 Å². The van der Waals surface area contributed by atoms with Gasteiger partial charge in [-0.2, -0.15) is 0 Å². The Morgan fingerprint density at radius 2 is 2.14 bits per heavy atom. The van der Waals surface area contributed by atoms with E-state index < -0.39 is 11.1 Å². The van der Waals surface area contributed by atoms with Crippen LogP contribution in [-0.4, -0.2) is 25.9 Å². The zero-order valence-corrected chi connectivity index (χ0v) is 14.8. The highest BCUT2D eigenvalue weighted by molar-refractivity contribution is 9.10. The van der Waals surface area contributed by atoms with Gasteiger partial charge in [0.15, 0.2) is 5.16 Å². The second kappa shape index (κ2) is 7.23. The molecule has 22 heavy (non-hydrogen) atoms. The van der Waals surface area contributed by atoms with Gasteiger partial charge in [-0.3, -0.25) is 4.79 Å². The minimum absolute atomic E-state index is 0.158. The number of amides is 1. The van der Waals surface area contributed by atoms with E-state index in [1.807, 2.05) is 18.4 Å². The van der Waals surface area contributed by atoms with Crippen molar-refractivity contribution in [1.29, 1.82) is 0 Å². The lowest BCUT2D eigenvalue weighted by Gasteiger charge is -2.14. The Bertz CT molecular complexity index is 677. The second-order valence-corrected chi connectivity index (χ2v) is 7.21. The monoisotopic (exact) mass is 386 g/mol. The Hall–Kier alpha value is -1.41. The highest BCUT2D eigenvalue weighted by Crippen LogP contribution is 2.25. The van der Waals surface area contributed by atoms with Crippen LogP contribution in [0.5, 0.6) is 0 Å². The molecule has 0 aliphatic carbocycles. The molecule has 118 valence electrons. The predicted octanol–water partition coefficient (Wildman–Crippen LogP) is 3.88. The lowest BCUT2D eigenvalue weighted by molar-refractivity contribution is -0.115. The summed E-state index contributed by atoms with van der Waals surface area (Å²) in [6, 6.07) is 4.71. The molecule has 5 nitrogen and oxygen atoms in total. The second-order valence-electron chi connectivity index (χ2n) is 4.99. The molecule has 0 radical (unpaired) electrons. The van der Waals surface area contributed by atoms with Gasteiger partial charge >= 0.3 is 0 Å². The number of aromatic nitrogens is 3. The van der Waals surface area contributed by atoms with E-state index in [2.05, 4.69) is 31.4 Å². The van der Waals surface area contributed by atoms with Gasteiger partial charge in [0.1, 0.15) is 12.1 Å². The van der Waals surface area contributed by atoms with Crippen LogP contribution in [0.25, 0.3) is 0 Å². The maximum absolute atomic E-state index is 13.7. The number of nitrogens with zero attached hydrogens (tertiary/aromatic N) is 3. The number of rotatable bonds is 5. The molecule has 0 fully saturated rings. The molecule has 1 atom stereocenters. The number of thioether (sulfide) groups is 1. The van der Waals surface area contributed by atoms with Crippen LogP contribution in [0.2, 0.25) is 0 Å². The highest BCUT2D eigenvalue weighted by atomic mass is 79.9. The van der Waals surface area contributed by atoms with Crippen molar-refractivity contribution in [2.75, 3.05) is 5.32 Å². The lowest BCUT2D eigenvalue weighted by Crippen LogP contribution is -2.23. The van der Waals surface area contributed by atoms with Crippen LogP contribution in [0.4, 0.5) is 10.1 Å². The number of anilines is 1. The minimum atomic E-state index is -0.481. The summed E-state index contributed by atoms with van der Waals surface area (Å²) in [7, 11) is 0. The van der Waals surface area contributed by atoms with Crippen molar-refractivity contribution in [1.82, 2.24) is 14.8 Å². The number of nitrogens with one attached hydrogen (secondary N) is 1. The van der Waals surface area contributed by atoms with Crippen LogP contribution in [0.1, 0.15) is 26.8 Å². The van der Waals surface area contributed by atoms with Crippen molar-refractivity contribution < 1.29 is 9.18 Å². The molecule has 0 bridgehead atoms. The van der Waals surface area contributed by atoms with Crippen LogP contribution in [0.3, 0.4) is 0 Å². The van der Waals surface area contributed by atoms with Crippen LogP contribution in [0.15, 0.2) is 34.2 Å². The number of halogens is 2. The van der Waals surface area contributed by atoms with Gasteiger partial charge in [-0.05, 0) is 39.0 Å². The molecule has 1 N–H and O–H groups in total. The molecule has 0 saturated carbocycles. The van der Waals surface area contributed by atoms with E-state index in [0.717, 1.165) is 0 Å². The zero-order chi connectivity index (χ0) is 16.3. The zero-order valence-electron chi connectivity index (χ0n) is 12.4. The highest BCUT2D eigenvalue weighted by Gasteiger charge is 2.19. The minimum Gasteiger partial charge on any atom is -0.323 e. The summed E-state index contributed by atoms with van der Waals surface area (Å²) in [6.07, 6.45) is 1.63. The largest absolute Gasteiger partial charge is 0.323 e. The topological polar surface area (TPSA) is 59.8 Å². The third-order valence-electron chi connectivity index (χ3n) is 2.94. The Morgan fingerprint density at radius 1 is 1.41 bits per heavy atom. The van der Waals surface area contributed by atoms with E-state index in [-0.39, 0.29) is 17.6 Å². The average Bonchev–Trinajstić information content (AvgIpc) is 2.90. The smallest absolute Gasteiger partial charge is 0.237 e. The SMILES string of the molecule is CC(Sc1nncn1C(C)C)C(=O)Nc1ccc(Br)cc1F. The van der Waals surface area contributed by atoms with Gasteiger partial charge in [0.25, 0.3) is 0 Å². The summed E-state index contributed by atoms with van der Waals surface area (Å²) in [6.45, 7) is 5.76. The Morgan fingerprint density at radius 3 is 2.77 bits per heavy atom. The molecular formula is C14H16BrFN4OS. The summed E-state index contributed by atoms with van der Waals surface area (Å²) in [5.41, 5.74) is 0.158. The number of carbonyl (C=O) groups is 1. The Balaban J connectivity index is 2.04. The van der Waals surface area contributed by atoms with E-state index in [9.17, 15) is 9.18 Å². The maximum atomic E-state index is 13.7. The van der Waals surface area contributed by atoms with Gasteiger partial charge in [-0.15, -0.1) is 10.2 Å². The molecule has 2 aromatic rings. The van der Waals surface area contributed by atoms with Crippen molar-refractivity contribution in [3.05, 3.63) is 34.8 Å². The Kier molecular flexibility index (Phi) is 5.57. The van der Waals surface area contributed by atoms with Gasteiger partial charge in [0.2, 0.25) is 5.91 Å². The molecule has 0 aliphatic heterocycles. The summed E-state index contributed by atoms with van der Waals surface area (Å²) in [5.74, 6) is -0.769. The van der Waals surface area contributed by atoms with E-state index in [4.69, 9.17) is 0 Å². The third kappa shape index (κ3) is 4.07. The molecule has 8 heteroatoms. The van der Waals surface area contributed by atoms with Crippen LogP contribution in [-0.2, 0) is 4.79 Å². The van der Waals surface area contributed by atoms with Gasteiger partial charge in [0, 0.05) is 10.5 Å². The van der Waals surface area contributed by atoms with Crippen LogP contribution >= 0.6 is 27.7 Å². The van der Waals surface area contributed by atoms with Gasteiger partial charge in [0.05, 0.1) is 10.9 Å². The molecule has 1 unspecified atom stereocenters. The first-order chi connectivity index (χ1) is 10.4. The third-order valence-corrected chi connectivity index (χ3v) is 4.50. The van der Waals surface area contributed by atoms with Crippen molar-refractivity contribution in [2.24, 2.45) is 0 Å². The summed E-state index contributed by atoms with van der Waals surface area (Å²) in [4.78, 5) is 12.2. The quantitative estimate of drug-likeness (QED) is 0.792. The van der Waals surface area contributed by atoms with Gasteiger partial charge in [-0.1, -0.05) is 27.7 Å². The number of carbonyl (C=O) groups excluding carboxylic acids is 1. The molecule has 1 aromatic heterocycles. The van der Waals surface area contributed by atoms with Gasteiger partial charge in [-0.25, -0.2) is 4.39 Å². The summed E-state index contributed by atoms with van der Waals surface area (Å²) < 4.78 is 16.2. The van der Waals surface area contributed by atoms with Crippen LogP contribution < -0.4 is 5.32 Å².